The average Bonchev–Trinajstić information content (AvgIpc) is 1.49. The van der Waals surface area contributed by atoms with Crippen molar-refractivity contribution in [2.45, 2.75) is 335 Å². The van der Waals surface area contributed by atoms with Gasteiger partial charge in [-0.25, -0.2) is 0 Å². The molecule has 0 radical (unpaired) electrons. The van der Waals surface area contributed by atoms with Crippen molar-refractivity contribution < 1.29 is 0 Å². The molecule has 0 aromatic rings. The molecule has 0 nitrogen and oxygen atoms in total. The maximum absolute atomic E-state index is 2.81. The highest BCUT2D eigenvalue weighted by atomic mass is 14.8. The molecule has 0 spiro atoms. The number of rotatable bonds is 0. The van der Waals surface area contributed by atoms with Crippen molar-refractivity contribution in [1.29, 1.82) is 0 Å². The Hall–Kier alpha value is 0. The van der Waals surface area contributed by atoms with Crippen LogP contribution >= 0.6 is 0 Å². The molecule has 0 aromatic carbocycles. The number of hydrogen-bond acceptors (Lipinski definition) is 0. The van der Waals surface area contributed by atoms with Crippen LogP contribution in [0.15, 0.2) is 0 Å². The van der Waals surface area contributed by atoms with E-state index in [1.807, 2.05) is 0 Å². The largest absolute Gasteiger partial charge is 0.0622 e. The lowest BCUT2D eigenvalue weighted by Gasteiger charge is -2.63. The van der Waals surface area contributed by atoms with Gasteiger partial charge >= 0.3 is 0 Å². The van der Waals surface area contributed by atoms with Crippen molar-refractivity contribution in [3.05, 3.63) is 0 Å². The third-order valence-electron chi connectivity index (χ3n) is 56.0. The lowest BCUT2D eigenvalue weighted by atomic mass is 9.42. The zero-order chi connectivity index (χ0) is 73.2. The highest BCUT2D eigenvalue weighted by Crippen LogP contribution is 2.80. The van der Waals surface area contributed by atoms with Crippen LogP contribution in [-0.4, -0.2) is 0 Å². The van der Waals surface area contributed by atoms with Gasteiger partial charge in [-0.15, -0.1) is 0 Å². The van der Waals surface area contributed by atoms with Gasteiger partial charge in [0.25, 0.3) is 0 Å². The van der Waals surface area contributed by atoms with E-state index in [2.05, 4.69) is 13.8 Å². The second kappa shape index (κ2) is 25.5. The summed E-state index contributed by atoms with van der Waals surface area (Å²) in [4.78, 5) is 0. The molecule has 62 atom stereocenters. The monoisotopic (exact) mass is 1540 g/mol. The van der Waals surface area contributed by atoms with Gasteiger partial charge in [0, 0.05) is 0 Å². The Balaban J connectivity index is 0.572. The van der Waals surface area contributed by atoms with E-state index in [4.69, 9.17) is 0 Å². The fourth-order valence-corrected chi connectivity index (χ4v) is 53.5. The highest BCUT2D eigenvalue weighted by molar-refractivity contribution is 5.21. The van der Waals surface area contributed by atoms with Crippen LogP contribution in [0.5, 0.6) is 0 Å². The van der Waals surface area contributed by atoms with Crippen molar-refractivity contribution in [3.8, 4) is 0 Å². The lowest BCUT2D eigenvalue weighted by molar-refractivity contribution is -0.143. The molecule has 0 aliphatic heterocycles. The normalized spacial score (nSPS) is 69.3. The van der Waals surface area contributed by atoms with Crippen LogP contribution in [0.1, 0.15) is 335 Å². The van der Waals surface area contributed by atoms with E-state index < -0.39 is 0 Å². The van der Waals surface area contributed by atoms with E-state index in [0.29, 0.717) is 0 Å². The Morgan fingerprint density at radius 2 is 0.228 bits per heavy atom. The molecule has 0 heteroatoms. The molecule has 31 aliphatic rings. The highest BCUT2D eigenvalue weighted by Gasteiger charge is 2.72. The van der Waals surface area contributed by atoms with Crippen molar-refractivity contribution >= 4 is 0 Å². The van der Waals surface area contributed by atoms with Gasteiger partial charge in [0.2, 0.25) is 0 Å². The minimum absolute atomic E-state index is 1.03. The summed E-state index contributed by atoms with van der Waals surface area (Å²) >= 11 is 0. The average molecular weight is 1540 g/mol. The quantitative estimate of drug-likeness (QED) is 0.227. The molecular weight excluding hydrogens is 1370 g/mol. The summed E-state index contributed by atoms with van der Waals surface area (Å²) in [6.45, 7) is 5.61. The Morgan fingerprint density at radius 3 is 0.421 bits per heavy atom. The lowest BCUT2D eigenvalue weighted by Crippen LogP contribution is -2.56. The third-order valence-corrected chi connectivity index (χ3v) is 56.0. The van der Waals surface area contributed by atoms with Gasteiger partial charge in [-0.05, 0) is 637 Å². The van der Waals surface area contributed by atoms with E-state index in [0.717, 1.165) is 367 Å². The summed E-state index contributed by atoms with van der Waals surface area (Å²) in [6, 6.07) is 0. The van der Waals surface area contributed by atoms with Gasteiger partial charge in [0.15, 0.2) is 0 Å². The van der Waals surface area contributed by atoms with E-state index in [-0.39, 0.29) is 0 Å². The summed E-state index contributed by atoms with van der Waals surface area (Å²) < 4.78 is 0. The first-order valence-electron chi connectivity index (χ1n) is 56.1. The van der Waals surface area contributed by atoms with Gasteiger partial charge in [0.1, 0.15) is 0 Å². The molecular formula is C114H168. The topological polar surface area (TPSA) is 0 Å². The summed E-state index contributed by atoms with van der Waals surface area (Å²) in [6.07, 6.45) is 86.4. The maximum atomic E-state index is 2.81. The molecule has 0 N–H and O–H groups in total. The molecule has 0 saturated heterocycles. The fourth-order valence-electron chi connectivity index (χ4n) is 53.5. The van der Waals surface area contributed by atoms with E-state index in [1.165, 1.54) is 0 Å². The SMILES string of the molecule is CC1CCC2CC3C(CC12)C1CC2CCC4C2CC1C1CC2C5CC(CC6CC(CC7CC8CC9CC(C5)C5CC%10C(CC95)C5CC9C(CCC9C9CCC%11CC%12C%13CC%14CCCC%14CC%13C%13CC7C8CC%13C%12CC%119)CC5C5CC7CCC4C7CC5%10)C4CC5C7CC8CCCC8CC7C7CC8CCC(C)C8CC7C5CC64)C2CC31. The van der Waals surface area contributed by atoms with Gasteiger partial charge in [0.05, 0.1) is 0 Å². The van der Waals surface area contributed by atoms with E-state index in [1.54, 1.807) is 321 Å². The second-order valence-corrected chi connectivity index (χ2v) is 56.4. The smallest absolute Gasteiger partial charge is 0.0349 e. The maximum Gasteiger partial charge on any atom is -0.0349 e. The van der Waals surface area contributed by atoms with Crippen LogP contribution in [0.4, 0.5) is 0 Å². The van der Waals surface area contributed by atoms with Gasteiger partial charge in [-0.1, -0.05) is 65.2 Å². The third kappa shape index (κ3) is 9.66. The van der Waals surface area contributed by atoms with E-state index >= 15 is 0 Å². The molecule has 0 aromatic heterocycles. The van der Waals surface area contributed by atoms with Gasteiger partial charge in [-0.2, -0.15) is 0 Å². The molecule has 31 saturated carbocycles. The van der Waals surface area contributed by atoms with Crippen LogP contribution in [0.2, 0.25) is 0 Å². The summed E-state index contributed by atoms with van der Waals surface area (Å²) in [5, 5.41) is 0. The van der Waals surface area contributed by atoms with Crippen LogP contribution < -0.4 is 0 Å². The van der Waals surface area contributed by atoms with Crippen molar-refractivity contribution in [2.24, 2.45) is 367 Å². The molecule has 0 amide bonds. The number of fused-ring (bicyclic) bond motifs is 28. The standard InChI is InChI=1S/C114H168/c1-53-10-12-60-34-99-101(39-77(53)60)100-38-64-16-20-76-75-19-15-63-37-98-97-36-62-14-18-74-73-17-13-61-35-96-92-30-56-6-4-8-58(56)32-94(92)108-46-84-66-21-65-22-68(86-48-110-102-40-78-54(2)9-11-59(78)33-95(102)91-29-55-5-3-7-57(55)31-93(91)107(110)45-83(65)86)24-67-25-70(88-50-112(106(100)44-82(64)76)109(99)47-85(67)88)27-72-28-71(26-69(23-66)87(84)49-111(108)103(96)41-79(61)73)89-51-113(104(97)42-80(62)74)114(52-90(72)89)105(98)43-81(63)75/h53-114H,3-52H2,1-2H3. The minimum atomic E-state index is 1.03. The van der Waals surface area contributed by atoms with Crippen LogP contribution in [0.3, 0.4) is 0 Å². The summed E-state index contributed by atoms with van der Waals surface area (Å²) in [5.41, 5.74) is 0. The first-order valence-corrected chi connectivity index (χ1v) is 56.1. The van der Waals surface area contributed by atoms with Gasteiger partial charge in [-0.3, -0.25) is 0 Å². The molecule has 31 rings (SSSR count). The minimum Gasteiger partial charge on any atom is -0.0622 e. The molecule has 114 heavy (non-hydrogen) atoms. The zero-order valence-corrected chi connectivity index (χ0v) is 73.2. The zero-order valence-electron chi connectivity index (χ0n) is 73.2. The fraction of sp³-hybridized carbons (Fsp3) is 1.00. The Labute approximate surface area is 697 Å². The van der Waals surface area contributed by atoms with E-state index in [9.17, 15) is 0 Å². The Morgan fingerprint density at radius 1 is 0.0877 bits per heavy atom. The summed E-state index contributed by atoms with van der Waals surface area (Å²) in [5.74, 6) is 69.6. The molecule has 0 heterocycles. The first-order chi connectivity index (χ1) is 56.1. The molecule has 24 bridgehead atoms. The first kappa shape index (κ1) is 70.2. The second-order valence-electron chi connectivity index (χ2n) is 56.4. The molecule has 31 fully saturated rings. The molecule has 624 valence electrons. The van der Waals surface area contributed by atoms with Crippen LogP contribution in [0.25, 0.3) is 0 Å². The predicted octanol–water partition coefficient (Wildman–Crippen LogP) is 28.2. The summed E-state index contributed by atoms with van der Waals surface area (Å²) in [7, 11) is 0. The van der Waals surface area contributed by atoms with Crippen molar-refractivity contribution in [2.75, 3.05) is 0 Å². The number of hydrogen-bond donors (Lipinski definition) is 0. The van der Waals surface area contributed by atoms with Gasteiger partial charge < -0.3 is 0 Å². The predicted molar refractivity (Wildman–Crippen MR) is 459 cm³/mol. The van der Waals surface area contributed by atoms with Crippen LogP contribution in [0, 0.1) is 367 Å². The van der Waals surface area contributed by atoms with Crippen molar-refractivity contribution in [1.82, 2.24) is 0 Å². The Bertz CT molecular complexity index is 3710. The molecule has 31 aliphatic carbocycles. The van der Waals surface area contributed by atoms with Crippen LogP contribution in [-0.2, 0) is 0 Å². The molecule has 62 unspecified atom stereocenters. The Kier molecular flexibility index (Phi) is 15.7. The van der Waals surface area contributed by atoms with Crippen molar-refractivity contribution in [3.63, 3.8) is 0 Å².